The van der Waals surface area contributed by atoms with Crippen molar-refractivity contribution in [3.63, 3.8) is 0 Å². The first-order chi connectivity index (χ1) is 11.4. The molecule has 6 nitrogen and oxygen atoms in total. The summed E-state index contributed by atoms with van der Waals surface area (Å²) in [6, 6.07) is 7.74. The number of rotatable bonds is 2. The van der Waals surface area contributed by atoms with E-state index in [0.29, 0.717) is 5.69 Å². The van der Waals surface area contributed by atoms with Crippen LogP contribution in [0.2, 0.25) is 0 Å². The van der Waals surface area contributed by atoms with Crippen molar-refractivity contribution in [3.8, 4) is 0 Å². The van der Waals surface area contributed by atoms with E-state index in [1.807, 2.05) is 13.0 Å². The van der Waals surface area contributed by atoms with Gasteiger partial charge in [0, 0.05) is 18.4 Å². The van der Waals surface area contributed by atoms with Crippen LogP contribution in [0.4, 0.5) is 14.9 Å². The lowest BCUT2D eigenvalue weighted by molar-refractivity contribution is -0.122. The Hall–Kier alpha value is -3.22. The molecule has 0 atom stereocenters. The van der Waals surface area contributed by atoms with Gasteiger partial charge in [-0.2, -0.15) is 0 Å². The molecule has 2 aromatic rings. The molecule has 1 aliphatic rings. The predicted octanol–water partition coefficient (Wildman–Crippen LogP) is 2.14. The van der Waals surface area contributed by atoms with Gasteiger partial charge in [-0.25, -0.2) is 14.1 Å². The SMILES string of the molecule is Cc1ccc(/C=C2\C(=O)NC(=O)N(c3cccc(F)c3)C2=O)n1C. The highest BCUT2D eigenvalue weighted by Crippen LogP contribution is 2.22. The Bertz CT molecular complexity index is 898. The van der Waals surface area contributed by atoms with E-state index in [0.717, 1.165) is 16.7 Å². The van der Waals surface area contributed by atoms with Crippen LogP contribution >= 0.6 is 0 Å². The third-order valence-electron chi connectivity index (χ3n) is 3.87. The van der Waals surface area contributed by atoms with Crippen molar-refractivity contribution in [2.45, 2.75) is 6.92 Å². The molecule has 0 spiro atoms. The van der Waals surface area contributed by atoms with E-state index in [1.54, 1.807) is 17.7 Å². The van der Waals surface area contributed by atoms with Crippen molar-refractivity contribution in [1.82, 2.24) is 9.88 Å². The van der Waals surface area contributed by atoms with Gasteiger partial charge in [-0.3, -0.25) is 14.9 Å². The second-order valence-corrected chi connectivity index (χ2v) is 5.40. The molecular weight excluding hydrogens is 313 g/mol. The van der Waals surface area contributed by atoms with E-state index in [2.05, 4.69) is 5.32 Å². The molecule has 0 unspecified atom stereocenters. The number of aromatic nitrogens is 1. The Kier molecular flexibility index (Phi) is 3.76. The van der Waals surface area contributed by atoms with Gasteiger partial charge in [0.15, 0.2) is 0 Å². The summed E-state index contributed by atoms with van der Waals surface area (Å²) in [7, 11) is 1.79. The van der Waals surface area contributed by atoms with Crippen molar-refractivity contribution in [1.29, 1.82) is 0 Å². The Morgan fingerprint density at radius 2 is 1.88 bits per heavy atom. The lowest BCUT2D eigenvalue weighted by atomic mass is 10.1. The summed E-state index contributed by atoms with van der Waals surface area (Å²) in [5.74, 6) is -2.17. The minimum Gasteiger partial charge on any atom is -0.348 e. The highest BCUT2D eigenvalue weighted by molar-refractivity contribution is 6.39. The monoisotopic (exact) mass is 327 g/mol. The largest absolute Gasteiger partial charge is 0.348 e. The van der Waals surface area contributed by atoms with E-state index in [-0.39, 0.29) is 11.3 Å². The molecule has 1 N–H and O–H groups in total. The molecule has 1 aromatic carbocycles. The second kappa shape index (κ2) is 5.77. The van der Waals surface area contributed by atoms with Crippen molar-refractivity contribution in [2.24, 2.45) is 7.05 Å². The van der Waals surface area contributed by atoms with Crippen LogP contribution in [0.25, 0.3) is 6.08 Å². The average Bonchev–Trinajstić information content (AvgIpc) is 2.83. The molecule has 2 heterocycles. The molecule has 4 amide bonds. The Morgan fingerprint density at radius 3 is 2.50 bits per heavy atom. The van der Waals surface area contributed by atoms with Gasteiger partial charge in [0.1, 0.15) is 11.4 Å². The maximum atomic E-state index is 13.4. The third kappa shape index (κ3) is 2.60. The first kappa shape index (κ1) is 15.7. The molecule has 1 aliphatic heterocycles. The van der Waals surface area contributed by atoms with Crippen LogP contribution < -0.4 is 10.2 Å². The normalized spacial score (nSPS) is 16.7. The van der Waals surface area contributed by atoms with Crippen molar-refractivity contribution >= 4 is 29.6 Å². The first-order valence-corrected chi connectivity index (χ1v) is 7.18. The number of urea groups is 1. The summed E-state index contributed by atoms with van der Waals surface area (Å²) < 4.78 is 15.2. The zero-order chi connectivity index (χ0) is 17.4. The number of hydrogen-bond donors (Lipinski definition) is 1. The molecule has 0 radical (unpaired) electrons. The average molecular weight is 327 g/mol. The predicted molar refractivity (Wildman–Crippen MR) is 85.6 cm³/mol. The van der Waals surface area contributed by atoms with Crippen LogP contribution in [-0.4, -0.2) is 22.4 Å². The van der Waals surface area contributed by atoms with Gasteiger partial charge in [-0.15, -0.1) is 0 Å². The van der Waals surface area contributed by atoms with Crippen LogP contribution in [-0.2, 0) is 16.6 Å². The summed E-state index contributed by atoms with van der Waals surface area (Å²) in [4.78, 5) is 37.4. The standard InChI is InChI=1S/C17H14FN3O3/c1-10-6-7-12(20(10)2)9-14-15(22)19-17(24)21(16(14)23)13-5-3-4-11(18)8-13/h3-9H,1-2H3,(H,19,22,24)/b14-9+. The first-order valence-electron chi connectivity index (χ1n) is 7.18. The zero-order valence-corrected chi connectivity index (χ0v) is 13.0. The number of imide groups is 2. The number of nitrogens with zero attached hydrogens (tertiary/aromatic N) is 2. The van der Waals surface area contributed by atoms with E-state index in [1.165, 1.54) is 24.3 Å². The van der Waals surface area contributed by atoms with Gasteiger partial charge < -0.3 is 4.57 Å². The number of benzene rings is 1. The number of carbonyl (C=O) groups excluding carboxylic acids is 3. The van der Waals surface area contributed by atoms with Crippen molar-refractivity contribution in [2.75, 3.05) is 4.90 Å². The number of nitrogens with one attached hydrogen (secondary N) is 1. The lowest BCUT2D eigenvalue weighted by Crippen LogP contribution is -2.54. The molecule has 3 rings (SSSR count). The summed E-state index contributed by atoms with van der Waals surface area (Å²) in [6.07, 6.45) is 1.41. The minimum atomic E-state index is -0.907. The molecule has 1 saturated heterocycles. The lowest BCUT2D eigenvalue weighted by Gasteiger charge is -2.26. The van der Waals surface area contributed by atoms with Gasteiger partial charge in [-0.05, 0) is 43.3 Å². The Morgan fingerprint density at radius 1 is 1.12 bits per heavy atom. The fraction of sp³-hybridized carbons (Fsp3) is 0.118. The maximum Gasteiger partial charge on any atom is 0.335 e. The molecule has 1 fully saturated rings. The molecular formula is C17H14FN3O3. The van der Waals surface area contributed by atoms with Gasteiger partial charge in [0.05, 0.1) is 5.69 Å². The molecule has 0 saturated carbocycles. The van der Waals surface area contributed by atoms with Crippen LogP contribution in [0.1, 0.15) is 11.4 Å². The van der Waals surface area contributed by atoms with E-state index in [4.69, 9.17) is 0 Å². The number of hydrogen-bond acceptors (Lipinski definition) is 3. The van der Waals surface area contributed by atoms with Crippen LogP contribution in [0.3, 0.4) is 0 Å². The number of anilines is 1. The summed E-state index contributed by atoms with van der Waals surface area (Å²) in [5, 5.41) is 2.10. The number of halogens is 1. The molecule has 0 bridgehead atoms. The second-order valence-electron chi connectivity index (χ2n) is 5.40. The Balaban J connectivity index is 2.05. The van der Waals surface area contributed by atoms with Crippen molar-refractivity contribution in [3.05, 3.63) is 59.2 Å². The van der Waals surface area contributed by atoms with Crippen LogP contribution in [0, 0.1) is 12.7 Å². The van der Waals surface area contributed by atoms with Crippen LogP contribution in [0.5, 0.6) is 0 Å². The van der Waals surface area contributed by atoms with Crippen LogP contribution in [0.15, 0.2) is 42.0 Å². The number of amides is 4. The summed E-state index contributed by atoms with van der Waals surface area (Å²) in [5.41, 5.74) is 1.45. The smallest absolute Gasteiger partial charge is 0.335 e. The number of carbonyl (C=O) groups is 3. The highest BCUT2D eigenvalue weighted by Gasteiger charge is 2.37. The van der Waals surface area contributed by atoms with Gasteiger partial charge in [0.25, 0.3) is 11.8 Å². The fourth-order valence-corrected chi connectivity index (χ4v) is 2.43. The van der Waals surface area contributed by atoms with E-state index >= 15 is 0 Å². The topological polar surface area (TPSA) is 71.4 Å². The zero-order valence-electron chi connectivity index (χ0n) is 13.0. The van der Waals surface area contributed by atoms with Gasteiger partial charge in [0.2, 0.25) is 0 Å². The van der Waals surface area contributed by atoms with Gasteiger partial charge in [-0.1, -0.05) is 6.07 Å². The summed E-state index contributed by atoms with van der Waals surface area (Å²) in [6.45, 7) is 1.88. The molecule has 7 heteroatoms. The molecule has 24 heavy (non-hydrogen) atoms. The summed E-state index contributed by atoms with van der Waals surface area (Å²) >= 11 is 0. The highest BCUT2D eigenvalue weighted by atomic mass is 19.1. The van der Waals surface area contributed by atoms with Crippen molar-refractivity contribution < 1.29 is 18.8 Å². The molecule has 0 aliphatic carbocycles. The maximum absolute atomic E-state index is 13.4. The molecule has 1 aromatic heterocycles. The fourth-order valence-electron chi connectivity index (χ4n) is 2.43. The quantitative estimate of drug-likeness (QED) is 0.678. The molecule has 122 valence electrons. The Labute approximate surface area is 137 Å². The minimum absolute atomic E-state index is 0.0546. The number of aryl methyl sites for hydroxylation is 1. The van der Waals surface area contributed by atoms with Gasteiger partial charge >= 0.3 is 6.03 Å². The van der Waals surface area contributed by atoms with E-state index in [9.17, 15) is 18.8 Å². The number of barbiturate groups is 1. The van der Waals surface area contributed by atoms with E-state index < -0.39 is 23.7 Å². The third-order valence-corrected chi connectivity index (χ3v) is 3.87.